The zero-order valence-corrected chi connectivity index (χ0v) is 18.7. The van der Waals surface area contributed by atoms with Crippen LogP contribution in [0.3, 0.4) is 0 Å². The van der Waals surface area contributed by atoms with Crippen molar-refractivity contribution in [1.29, 1.82) is 0 Å². The molecule has 4 nitrogen and oxygen atoms in total. The number of hydrogen-bond donors (Lipinski definition) is 1. The Bertz CT molecular complexity index is 482. The lowest BCUT2D eigenvalue weighted by molar-refractivity contribution is 0.367. The predicted octanol–water partition coefficient (Wildman–Crippen LogP) is 4.41. The lowest BCUT2D eigenvalue weighted by Crippen LogP contribution is -2.64. The molecule has 2 N–H and O–H groups in total. The first-order chi connectivity index (χ1) is 11.1. The third-order valence-electron chi connectivity index (χ3n) is 5.29. The molecule has 0 fully saturated rings. The van der Waals surface area contributed by atoms with Crippen molar-refractivity contribution in [2.45, 2.75) is 64.2 Å². The summed E-state index contributed by atoms with van der Waals surface area (Å²) >= 11 is 0. The van der Waals surface area contributed by atoms with Gasteiger partial charge in [-0.15, -0.1) is 0 Å². The van der Waals surface area contributed by atoms with Crippen LogP contribution in [0.5, 0.6) is 0 Å². The van der Waals surface area contributed by atoms with Crippen LogP contribution in [-0.4, -0.2) is 42.2 Å². The third kappa shape index (κ3) is 4.62. The van der Waals surface area contributed by atoms with E-state index in [1.54, 1.807) is 0 Å². The van der Waals surface area contributed by atoms with E-state index < -0.39 is 16.6 Å². The van der Waals surface area contributed by atoms with Gasteiger partial charge in [0.1, 0.15) is 0 Å². The lowest BCUT2D eigenvalue weighted by atomic mass is 10.2. The van der Waals surface area contributed by atoms with Crippen molar-refractivity contribution in [2.24, 2.45) is 0 Å². The summed E-state index contributed by atoms with van der Waals surface area (Å²) in [5, 5.41) is 0. The minimum Gasteiger partial charge on any atom is -0.418 e. The van der Waals surface area contributed by atoms with Crippen LogP contribution >= 0.6 is 0 Å². The summed E-state index contributed by atoms with van der Waals surface area (Å²) in [6, 6.07) is 8.26. The van der Waals surface area contributed by atoms with E-state index >= 15 is 0 Å². The van der Waals surface area contributed by atoms with Crippen LogP contribution in [-0.2, 0) is 8.85 Å². The molecule has 0 aromatic heterocycles. The molecule has 138 valence electrons. The van der Waals surface area contributed by atoms with Crippen molar-refractivity contribution in [2.75, 3.05) is 24.9 Å². The Kier molecular flexibility index (Phi) is 7.53. The minimum absolute atomic E-state index is 0.387. The van der Waals surface area contributed by atoms with E-state index in [4.69, 9.17) is 14.6 Å². The fourth-order valence-electron chi connectivity index (χ4n) is 3.54. The van der Waals surface area contributed by atoms with Crippen molar-refractivity contribution in [3.05, 3.63) is 24.3 Å². The Balaban J connectivity index is 3.47. The number of nitrogens with two attached hydrogens (primary N) is 1. The Labute approximate surface area is 150 Å². The fraction of sp³-hybridized carbons (Fsp3) is 0.667. The highest BCUT2D eigenvalue weighted by Gasteiger charge is 2.44. The molecule has 0 saturated carbocycles. The smallest absolute Gasteiger partial charge is 0.208 e. The van der Waals surface area contributed by atoms with Crippen molar-refractivity contribution in [3.63, 3.8) is 0 Å². The summed E-state index contributed by atoms with van der Waals surface area (Å²) in [7, 11) is -0.0368. The second-order valence-corrected chi connectivity index (χ2v) is 16.0. The first-order valence-electron chi connectivity index (χ1n) is 8.88. The van der Waals surface area contributed by atoms with Gasteiger partial charge in [-0.2, -0.15) is 0 Å². The summed E-state index contributed by atoms with van der Waals surface area (Å²) in [4.78, 5) is 2.59. The van der Waals surface area contributed by atoms with Crippen LogP contribution in [0.1, 0.15) is 26.7 Å². The van der Waals surface area contributed by atoms with Gasteiger partial charge in [-0.05, 0) is 63.3 Å². The molecular weight excluding hydrogens is 332 g/mol. The van der Waals surface area contributed by atoms with E-state index in [1.165, 1.54) is 5.69 Å². The van der Waals surface area contributed by atoms with Crippen LogP contribution in [0.15, 0.2) is 24.3 Å². The minimum atomic E-state index is -1.88. The van der Waals surface area contributed by atoms with Gasteiger partial charge in [0.15, 0.2) is 0 Å². The summed E-state index contributed by atoms with van der Waals surface area (Å²) in [5.41, 5.74) is 8.71. The number of anilines is 2. The molecule has 1 aromatic rings. The first kappa shape index (κ1) is 21.2. The molecule has 1 rings (SSSR count). The lowest BCUT2D eigenvalue weighted by Gasteiger charge is -2.48. The van der Waals surface area contributed by atoms with E-state index in [-0.39, 0.29) is 0 Å². The van der Waals surface area contributed by atoms with Crippen LogP contribution in [0.25, 0.3) is 0 Å². The fourth-order valence-corrected chi connectivity index (χ4v) is 8.20. The first-order valence-corrected chi connectivity index (χ1v) is 14.9. The van der Waals surface area contributed by atoms with Gasteiger partial charge in [-0.3, -0.25) is 0 Å². The summed E-state index contributed by atoms with van der Waals surface area (Å²) in [6.45, 7) is 13.7. The van der Waals surface area contributed by atoms with Gasteiger partial charge in [0.25, 0.3) is 0 Å². The van der Waals surface area contributed by atoms with E-state index in [0.717, 1.165) is 18.5 Å². The highest BCUT2D eigenvalue weighted by molar-refractivity contribution is 6.75. The highest BCUT2D eigenvalue weighted by Crippen LogP contribution is 2.33. The molecule has 0 aliphatic rings. The second-order valence-electron chi connectivity index (χ2n) is 7.46. The monoisotopic (exact) mass is 368 g/mol. The molecule has 0 amide bonds. The van der Waals surface area contributed by atoms with Gasteiger partial charge in [0, 0.05) is 36.9 Å². The normalized spacial score (nSPS) is 15.2. The molecule has 0 spiro atoms. The number of hydrogen-bond acceptors (Lipinski definition) is 4. The largest absolute Gasteiger partial charge is 0.418 e. The molecule has 2 unspecified atom stereocenters. The molecule has 0 aliphatic carbocycles. The van der Waals surface area contributed by atoms with Crippen LogP contribution in [0.4, 0.5) is 11.4 Å². The summed E-state index contributed by atoms with van der Waals surface area (Å²) in [6.07, 6.45) is 2.12. The van der Waals surface area contributed by atoms with Gasteiger partial charge in [-0.25, -0.2) is 0 Å². The number of benzene rings is 1. The maximum absolute atomic E-state index is 6.01. The molecule has 24 heavy (non-hydrogen) atoms. The molecule has 2 atom stereocenters. The standard InChI is InChI=1S/C18H36N2O2Si2/c1-9-17(23(5,6)21-3)20(16-13-11-15(19)12-14-16)18(10-2)24(7,8)22-4/h11-14,17-18H,9-10,19H2,1-8H3. The van der Waals surface area contributed by atoms with Crippen LogP contribution in [0, 0.1) is 0 Å². The predicted molar refractivity (Wildman–Crippen MR) is 110 cm³/mol. The third-order valence-corrected chi connectivity index (χ3v) is 12.0. The van der Waals surface area contributed by atoms with E-state index in [1.807, 2.05) is 26.4 Å². The Morgan fingerprint density at radius 2 is 1.25 bits per heavy atom. The number of nitrogens with zero attached hydrogens (tertiary/aromatic N) is 1. The average molecular weight is 369 g/mol. The molecule has 0 bridgehead atoms. The van der Waals surface area contributed by atoms with Crippen LogP contribution < -0.4 is 10.6 Å². The Hall–Kier alpha value is -0.826. The zero-order valence-electron chi connectivity index (χ0n) is 16.7. The Morgan fingerprint density at radius 3 is 1.54 bits per heavy atom. The summed E-state index contributed by atoms with van der Waals surface area (Å²) in [5.74, 6) is 0. The molecular formula is C18H36N2O2Si2. The highest BCUT2D eigenvalue weighted by atomic mass is 28.4. The van der Waals surface area contributed by atoms with Crippen molar-refractivity contribution >= 4 is 28.0 Å². The SMILES string of the molecule is CCC(N(c1ccc(N)cc1)C(CC)[Si](C)(C)OC)[Si](C)(C)OC. The molecule has 0 heterocycles. The quantitative estimate of drug-likeness (QED) is 0.518. The molecule has 0 saturated heterocycles. The maximum Gasteiger partial charge on any atom is 0.208 e. The van der Waals surface area contributed by atoms with E-state index in [2.05, 4.69) is 57.1 Å². The van der Waals surface area contributed by atoms with Crippen molar-refractivity contribution in [1.82, 2.24) is 0 Å². The van der Waals surface area contributed by atoms with E-state index in [9.17, 15) is 0 Å². The topological polar surface area (TPSA) is 47.7 Å². The van der Waals surface area contributed by atoms with Crippen molar-refractivity contribution in [3.8, 4) is 0 Å². The van der Waals surface area contributed by atoms with E-state index in [0.29, 0.717) is 11.3 Å². The molecule has 1 aromatic carbocycles. The number of rotatable bonds is 9. The van der Waals surface area contributed by atoms with Gasteiger partial charge < -0.3 is 19.5 Å². The zero-order chi connectivity index (χ0) is 18.5. The van der Waals surface area contributed by atoms with Gasteiger partial charge in [0.2, 0.25) is 16.6 Å². The Morgan fingerprint density at radius 1 is 0.875 bits per heavy atom. The molecule has 0 radical (unpaired) electrons. The van der Waals surface area contributed by atoms with Gasteiger partial charge in [-0.1, -0.05) is 13.8 Å². The summed E-state index contributed by atoms with van der Waals surface area (Å²) < 4.78 is 12.0. The van der Waals surface area contributed by atoms with Gasteiger partial charge >= 0.3 is 0 Å². The number of nitrogen functional groups attached to an aromatic ring is 1. The maximum atomic E-state index is 6.01. The second kappa shape index (κ2) is 8.51. The van der Waals surface area contributed by atoms with Crippen molar-refractivity contribution < 1.29 is 8.85 Å². The van der Waals surface area contributed by atoms with Gasteiger partial charge in [0.05, 0.1) is 0 Å². The van der Waals surface area contributed by atoms with Crippen LogP contribution in [0.2, 0.25) is 26.2 Å². The molecule has 0 aliphatic heterocycles. The molecule has 6 heteroatoms. The average Bonchev–Trinajstić information content (AvgIpc) is 2.55.